The van der Waals surface area contributed by atoms with Gasteiger partial charge in [-0.15, -0.1) is 0 Å². The van der Waals surface area contributed by atoms with Gasteiger partial charge in [0.25, 0.3) is 10.0 Å². The first-order chi connectivity index (χ1) is 9.33. The number of sulfonamides is 1. The smallest absolute Gasteiger partial charge is 0.266 e. The van der Waals surface area contributed by atoms with Gasteiger partial charge in [0.05, 0.1) is 0 Å². The summed E-state index contributed by atoms with van der Waals surface area (Å²) in [6.45, 7) is 1.49. The lowest BCUT2D eigenvalue weighted by Gasteiger charge is -2.08. The molecular formula is C12H11Br2NO4S. The van der Waals surface area contributed by atoms with E-state index in [0.717, 1.165) is 10.0 Å². The summed E-state index contributed by atoms with van der Waals surface area (Å²) in [6.07, 6.45) is 0. The molecule has 0 saturated carbocycles. The maximum Gasteiger partial charge on any atom is 0.266 e. The summed E-state index contributed by atoms with van der Waals surface area (Å²) in [4.78, 5) is -0.0536. The van der Waals surface area contributed by atoms with E-state index in [-0.39, 0.29) is 21.9 Å². The second-order valence-corrected chi connectivity index (χ2v) is 7.30. The lowest BCUT2D eigenvalue weighted by atomic mass is 10.2. The first kappa shape index (κ1) is 15.6. The molecule has 0 radical (unpaired) electrons. The van der Waals surface area contributed by atoms with Crippen molar-refractivity contribution in [2.75, 3.05) is 4.72 Å². The number of halogens is 2. The average Bonchev–Trinajstić information content (AvgIpc) is 2.76. The molecule has 1 aromatic carbocycles. The van der Waals surface area contributed by atoms with Gasteiger partial charge in [-0.3, -0.25) is 4.72 Å². The number of hydrogen-bond acceptors (Lipinski definition) is 4. The van der Waals surface area contributed by atoms with Crippen molar-refractivity contribution < 1.29 is 17.9 Å². The molecule has 1 aromatic heterocycles. The zero-order valence-electron chi connectivity index (χ0n) is 10.4. The molecule has 0 unspecified atom stereocenters. The molecule has 0 spiro atoms. The van der Waals surface area contributed by atoms with Crippen molar-refractivity contribution in [3.63, 3.8) is 0 Å². The van der Waals surface area contributed by atoms with E-state index >= 15 is 0 Å². The maximum atomic E-state index is 12.3. The predicted octanol–water partition coefficient (Wildman–Crippen LogP) is 3.41. The number of anilines is 1. The Balaban J connectivity index is 2.35. The third-order valence-electron chi connectivity index (χ3n) is 2.56. The molecule has 0 aliphatic rings. The topological polar surface area (TPSA) is 79.5 Å². The number of rotatable bonds is 4. The minimum Gasteiger partial charge on any atom is -0.450 e. The Labute approximate surface area is 133 Å². The molecule has 2 aromatic rings. The Bertz CT molecular complexity index is 740. The van der Waals surface area contributed by atoms with Crippen molar-refractivity contribution in [3.05, 3.63) is 44.7 Å². The summed E-state index contributed by atoms with van der Waals surface area (Å²) in [5, 5.41) is 8.96. The van der Waals surface area contributed by atoms with Gasteiger partial charge in [0.2, 0.25) is 0 Å². The van der Waals surface area contributed by atoms with Gasteiger partial charge in [-0.25, -0.2) is 8.42 Å². The fraction of sp³-hybridized carbons (Fsp3) is 0.167. The van der Waals surface area contributed by atoms with E-state index in [2.05, 4.69) is 36.6 Å². The van der Waals surface area contributed by atoms with Crippen LogP contribution >= 0.6 is 31.9 Å². The van der Waals surface area contributed by atoms with Gasteiger partial charge in [-0.1, -0.05) is 15.9 Å². The molecule has 8 heteroatoms. The highest BCUT2D eigenvalue weighted by molar-refractivity contribution is 9.10. The molecular weight excluding hydrogens is 414 g/mol. The molecule has 0 aliphatic heterocycles. The van der Waals surface area contributed by atoms with Crippen LogP contribution < -0.4 is 4.72 Å². The van der Waals surface area contributed by atoms with Crippen LogP contribution in [0.3, 0.4) is 0 Å². The molecule has 0 amide bonds. The van der Waals surface area contributed by atoms with Crippen LogP contribution in [-0.4, -0.2) is 13.5 Å². The van der Waals surface area contributed by atoms with E-state index in [4.69, 9.17) is 9.52 Å². The van der Waals surface area contributed by atoms with E-state index in [1.807, 2.05) is 6.92 Å². The third kappa shape index (κ3) is 3.25. The molecule has 2 rings (SSSR count). The Morgan fingerprint density at radius 3 is 2.55 bits per heavy atom. The molecule has 0 fully saturated rings. The van der Waals surface area contributed by atoms with Crippen LogP contribution in [0.15, 0.2) is 42.7 Å². The largest absolute Gasteiger partial charge is 0.450 e. The molecule has 0 atom stereocenters. The number of aryl methyl sites for hydroxylation is 1. The number of furan rings is 1. The van der Waals surface area contributed by atoms with Gasteiger partial charge in [0.15, 0.2) is 4.67 Å². The first-order valence-corrected chi connectivity index (χ1v) is 8.58. The van der Waals surface area contributed by atoms with Crippen LogP contribution in [0.4, 0.5) is 5.69 Å². The monoisotopic (exact) mass is 423 g/mol. The SMILES string of the molecule is Cc1cc(NS(=O)(=O)c2cc(CO)oc2Br)ccc1Br. The number of aliphatic hydroxyl groups is 1. The summed E-state index contributed by atoms with van der Waals surface area (Å²) in [7, 11) is -3.78. The molecule has 5 nitrogen and oxygen atoms in total. The number of benzene rings is 1. The van der Waals surface area contributed by atoms with E-state index in [1.54, 1.807) is 18.2 Å². The second-order valence-electron chi connectivity index (χ2n) is 4.08. The molecule has 1 heterocycles. The Morgan fingerprint density at radius 2 is 2.00 bits per heavy atom. The highest BCUT2D eigenvalue weighted by Crippen LogP contribution is 2.28. The Hall–Kier alpha value is -0.830. The maximum absolute atomic E-state index is 12.3. The van der Waals surface area contributed by atoms with Crippen molar-refractivity contribution in [1.82, 2.24) is 0 Å². The van der Waals surface area contributed by atoms with Crippen LogP contribution in [0.5, 0.6) is 0 Å². The van der Waals surface area contributed by atoms with Crippen LogP contribution in [0.25, 0.3) is 0 Å². The van der Waals surface area contributed by atoms with Gasteiger partial charge >= 0.3 is 0 Å². The van der Waals surface area contributed by atoms with E-state index in [9.17, 15) is 8.42 Å². The van der Waals surface area contributed by atoms with Crippen molar-refractivity contribution in [1.29, 1.82) is 0 Å². The summed E-state index contributed by atoms with van der Waals surface area (Å²) in [6, 6.07) is 6.40. The van der Waals surface area contributed by atoms with Crippen LogP contribution in [0.1, 0.15) is 11.3 Å². The van der Waals surface area contributed by atoms with Crippen LogP contribution in [-0.2, 0) is 16.6 Å². The second kappa shape index (κ2) is 5.88. The first-order valence-electron chi connectivity index (χ1n) is 5.51. The number of nitrogens with one attached hydrogen (secondary N) is 1. The predicted molar refractivity (Wildman–Crippen MR) is 82.0 cm³/mol. The highest BCUT2D eigenvalue weighted by atomic mass is 79.9. The molecule has 108 valence electrons. The fourth-order valence-electron chi connectivity index (χ4n) is 1.58. The molecule has 2 N–H and O–H groups in total. The standard InChI is InChI=1S/C12H11Br2NO4S/c1-7-4-8(2-3-10(7)13)15-20(17,18)11-5-9(6-16)19-12(11)14/h2-5,15-16H,6H2,1H3. The normalized spacial score (nSPS) is 11.6. The number of hydrogen-bond donors (Lipinski definition) is 2. The Morgan fingerprint density at radius 1 is 1.30 bits per heavy atom. The van der Waals surface area contributed by atoms with Gasteiger partial charge in [-0.2, -0.15) is 0 Å². The minimum atomic E-state index is -3.78. The zero-order valence-corrected chi connectivity index (χ0v) is 14.3. The summed E-state index contributed by atoms with van der Waals surface area (Å²) in [5.41, 5.74) is 1.36. The lowest BCUT2D eigenvalue weighted by molar-refractivity contribution is 0.245. The minimum absolute atomic E-state index is 0.0536. The summed E-state index contributed by atoms with van der Waals surface area (Å²) >= 11 is 6.38. The average molecular weight is 425 g/mol. The van der Waals surface area contributed by atoms with E-state index in [1.165, 1.54) is 6.07 Å². The fourth-order valence-corrected chi connectivity index (χ4v) is 3.87. The van der Waals surface area contributed by atoms with Gasteiger partial charge < -0.3 is 9.52 Å². The highest BCUT2D eigenvalue weighted by Gasteiger charge is 2.22. The molecule has 20 heavy (non-hydrogen) atoms. The van der Waals surface area contributed by atoms with Crippen LogP contribution in [0, 0.1) is 6.92 Å². The Kier molecular flexibility index (Phi) is 4.58. The van der Waals surface area contributed by atoms with E-state index < -0.39 is 10.0 Å². The van der Waals surface area contributed by atoms with Crippen molar-refractivity contribution in [3.8, 4) is 0 Å². The molecule has 0 aliphatic carbocycles. The lowest BCUT2D eigenvalue weighted by Crippen LogP contribution is -2.12. The van der Waals surface area contributed by atoms with E-state index in [0.29, 0.717) is 5.69 Å². The van der Waals surface area contributed by atoms with Crippen LogP contribution in [0.2, 0.25) is 0 Å². The third-order valence-corrected chi connectivity index (χ3v) is 5.69. The van der Waals surface area contributed by atoms with Gasteiger partial charge in [-0.05, 0) is 46.6 Å². The van der Waals surface area contributed by atoms with Crippen molar-refractivity contribution >= 4 is 47.6 Å². The summed E-state index contributed by atoms with van der Waals surface area (Å²) < 4.78 is 33.0. The molecule has 0 bridgehead atoms. The molecule has 0 saturated heterocycles. The van der Waals surface area contributed by atoms with Gasteiger partial charge in [0, 0.05) is 16.2 Å². The van der Waals surface area contributed by atoms with Crippen molar-refractivity contribution in [2.24, 2.45) is 0 Å². The quantitative estimate of drug-likeness (QED) is 0.788. The summed E-state index contributed by atoms with van der Waals surface area (Å²) in [5.74, 6) is 0.171. The van der Waals surface area contributed by atoms with Crippen molar-refractivity contribution in [2.45, 2.75) is 18.4 Å². The number of aliphatic hydroxyl groups excluding tert-OH is 1. The zero-order chi connectivity index (χ0) is 14.9. The van der Waals surface area contributed by atoms with Gasteiger partial charge in [0.1, 0.15) is 17.3 Å².